The molecule has 7 heteroatoms. The summed E-state index contributed by atoms with van der Waals surface area (Å²) in [7, 11) is 0. The summed E-state index contributed by atoms with van der Waals surface area (Å²) in [5.41, 5.74) is 0. The molecule has 2 atom stereocenters. The van der Waals surface area contributed by atoms with E-state index in [1.54, 1.807) is 0 Å². The molecule has 2 saturated heterocycles. The Bertz CT molecular complexity index is 478. The van der Waals surface area contributed by atoms with E-state index in [2.05, 4.69) is 27.7 Å². The molecule has 2 aliphatic heterocycles. The van der Waals surface area contributed by atoms with E-state index in [1.165, 1.54) is 12.2 Å². The Balaban J connectivity index is 1.57. The van der Waals surface area contributed by atoms with Crippen LogP contribution in [0.5, 0.6) is 0 Å². The third-order valence-corrected chi connectivity index (χ3v) is 5.46. The fourth-order valence-corrected chi connectivity index (χ4v) is 3.93. The maximum atomic E-state index is 12.0. The summed E-state index contributed by atoms with van der Waals surface area (Å²) in [5, 5.41) is 9.98. The van der Waals surface area contributed by atoms with E-state index in [1.807, 2.05) is 11.8 Å². The van der Waals surface area contributed by atoms with Crippen LogP contribution in [-0.2, 0) is 0 Å². The molecule has 0 bridgehead atoms. The summed E-state index contributed by atoms with van der Waals surface area (Å²) in [6.45, 7) is 3.81. The van der Waals surface area contributed by atoms with Gasteiger partial charge in [-0.2, -0.15) is 16.7 Å². The maximum absolute atomic E-state index is 12.0. The lowest BCUT2D eigenvalue weighted by Crippen LogP contribution is -2.37. The van der Waals surface area contributed by atoms with Crippen molar-refractivity contribution in [3.05, 3.63) is 11.7 Å². The van der Waals surface area contributed by atoms with Gasteiger partial charge in [0.05, 0.1) is 6.04 Å². The summed E-state index contributed by atoms with van der Waals surface area (Å²) in [5.74, 6) is 1.59. The Morgan fingerprint density at radius 2 is 2.50 bits per heavy atom. The lowest BCUT2D eigenvalue weighted by Gasteiger charge is -2.22. The van der Waals surface area contributed by atoms with Gasteiger partial charge in [-0.25, -0.2) is 0 Å². The zero-order chi connectivity index (χ0) is 14.0. The molecule has 0 spiro atoms. The van der Waals surface area contributed by atoms with Gasteiger partial charge in [0.25, 0.3) is 11.7 Å². The summed E-state index contributed by atoms with van der Waals surface area (Å²) in [6.07, 6.45) is 4.44. The van der Waals surface area contributed by atoms with E-state index in [-0.39, 0.29) is 22.5 Å². The van der Waals surface area contributed by atoms with Crippen molar-refractivity contribution < 1.29 is 9.32 Å². The van der Waals surface area contributed by atoms with Crippen molar-refractivity contribution in [1.29, 1.82) is 0 Å². The molecule has 6 nitrogen and oxygen atoms in total. The minimum absolute atomic E-state index is 0.104. The van der Waals surface area contributed by atoms with Crippen LogP contribution in [0, 0.1) is 0 Å². The molecule has 3 heterocycles. The SMILES string of the molecule is CC1(CNC(=O)c2noc(C3CCCN3)n2)CCCS1. The average molecular weight is 296 g/mol. The standard InChI is InChI=1S/C13H20N4O2S/c1-13(5-3-7-20-13)8-15-11(18)10-16-12(19-17-10)9-4-2-6-14-9/h9,14H,2-8H2,1H3,(H,15,18). The molecular weight excluding hydrogens is 276 g/mol. The highest BCUT2D eigenvalue weighted by Crippen LogP contribution is 2.36. The molecule has 2 N–H and O–H groups in total. The molecule has 0 saturated carbocycles. The van der Waals surface area contributed by atoms with Gasteiger partial charge in [-0.05, 0) is 44.9 Å². The minimum atomic E-state index is -0.244. The number of hydrogen-bond donors (Lipinski definition) is 2. The molecule has 3 rings (SSSR count). The summed E-state index contributed by atoms with van der Waals surface area (Å²) in [6, 6.07) is 0.104. The predicted molar refractivity (Wildman–Crippen MR) is 76.7 cm³/mol. The van der Waals surface area contributed by atoms with Crippen LogP contribution in [0.15, 0.2) is 4.52 Å². The highest BCUT2D eigenvalue weighted by Gasteiger charge is 2.31. The molecule has 20 heavy (non-hydrogen) atoms. The molecule has 1 aromatic rings. The van der Waals surface area contributed by atoms with Crippen LogP contribution in [0.2, 0.25) is 0 Å². The number of nitrogens with zero attached hydrogens (tertiary/aromatic N) is 2. The molecule has 0 aromatic carbocycles. The summed E-state index contributed by atoms with van der Waals surface area (Å²) >= 11 is 1.92. The third-order valence-electron chi connectivity index (χ3n) is 3.93. The molecule has 0 aliphatic carbocycles. The Labute approximate surface area is 122 Å². The fourth-order valence-electron chi connectivity index (χ4n) is 2.69. The van der Waals surface area contributed by atoms with Crippen LogP contribution in [-0.4, -0.2) is 39.6 Å². The zero-order valence-electron chi connectivity index (χ0n) is 11.6. The van der Waals surface area contributed by atoms with Gasteiger partial charge in [-0.1, -0.05) is 5.16 Å². The first-order valence-corrected chi connectivity index (χ1v) is 8.14. The van der Waals surface area contributed by atoms with E-state index >= 15 is 0 Å². The van der Waals surface area contributed by atoms with Crippen LogP contribution in [0.1, 0.15) is 55.2 Å². The number of amides is 1. The van der Waals surface area contributed by atoms with Crippen molar-refractivity contribution in [3.8, 4) is 0 Å². The summed E-state index contributed by atoms with van der Waals surface area (Å²) in [4.78, 5) is 16.2. The van der Waals surface area contributed by atoms with Gasteiger partial charge in [0.2, 0.25) is 5.89 Å². The van der Waals surface area contributed by atoms with Crippen molar-refractivity contribution in [2.75, 3.05) is 18.8 Å². The number of hydrogen-bond acceptors (Lipinski definition) is 6. The lowest BCUT2D eigenvalue weighted by atomic mass is 10.1. The number of nitrogens with one attached hydrogen (secondary N) is 2. The van der Waals surface area contributed by atoms with Gasteiger partial charge in [0, 0.05) is 11.3 Å². The number of thioether (sulfide) groups is 1. The van der Waals surface area contributed by atoms with Crippen LogP contribution < -0.4 is 10.6 Å². The van der Waals surface area contributed by atoms with Crippen LogP contribution in [0.4, 0.5) is 0 Å². The molecule has 2 fully saturated rings. The molecule has 0 radical (unpaired) electrons. The monoisotopic (exact) mass is 296 g/mol. The molecule has 1 amide bonds. The van der Waals surface area contributed by atoms with E-state index in [4.69, 9.17) is 4.52 Å². The minimum Gasteiger partial charge on any atom is -0.348 e. The van der Waals surface area contributed by atoms with Crippen molar-refractivity contribution in [1.82, 2.24) is 20.8 Å². The molecular formula is C13H20N4O2S. The van der Waals surface area contributed by atoms with Gasteiger partial charge < -0.3 is 15.2 Å². The van der Waals surface area contributed by atoms with E-state index in [0.717, 1.165) is 25.8 Å². The third kappa shape index (κ3) is 2.98. The quantitative estimate of drug-likeness (QED) is 0.876. The van der Waals surface area contributed by atoms with Gasteiger partial charge in [0.15, 0.2) is 0 Å². The first kappa shape index (κ1) is 13.9. The van der Waals surface area contributed by atoms with E-state index in [0.29, 0.717) is 12.4 Å². The van der Waals surface area contributed by atoms with E-state index < -0.39 is 0 Å². The van der Waals surface area contributed by atoms with Crippen LogP contribution >= 0.6 is 11.8 Å². The highest BCUT2D eigenvalue weighted by atomic mass is 32.2. The summed E-state index contributed by atoms with van der Waals surface area (Å²) < 4.78 is 5.33. The number of aromatic nitrogens is 2. The van der Waals surface area contributed by atoms with Crippen LogP contribution in [0.3, 0.4) is 0 Å². The van der Waals surface area contributed by atoms with Crippen molar-refractivity contribution in [2.45, 2.75) is 43.4 Å². The molecule has 2 aliphatic rings. The smallest absolute Gasteiger partial charge is 0.292 e. The largest absolute Gasteiger partial charge is 0.348 e. The normalized spacial score (nSPS) is 29.8. The fraction of sp³-hybridized carbons (Fsp3) is 0.769. The number of rotatable bonds is 4. The van der Waals surface area contributed by atoms with Crippen molar-refractivity contribution in [2.24, 2.45) is 0 Å². The van der Waals surface area contributed by atoms with Gasteiger partial charge in [-0.15, -0.1) is 0 Å². The predicted octanol–water partition coefficient (Wildman–Crippen LogP) is 1.51. The number of carbonyl (C=O) groups is 1. The number of carbonyl (C=O) groups excluding carboxylic acids is 1. The zero-order valence-corrected chi connectivity index (χ0v) is 12.5. The average Bonchev–Trinajstić information content (AvgIpc) is 3.16. The maximum Gasteiger partial charge on any atom is 0.292 e. The van der Waals surface area contributed by atoms with Crippen molar-refractivity contribution in [3.63, 3.8) is 0 Å². The Morgan fingerprint density at radius 3 is 3.20 bits per heavy atom. The molecule has 1 aromatic heterocycles. The lowest BCUT2D eigenvalue weighted by molar-refractivity contribution is 0.0936. The topological polar surface area (TPSA) is 80.0 Å². The Morgan fingerprint density at radius 1 is 1.60 bits per heavy atom. The van der Waals surface area contributed by atoms with E-state index in [9.17, 15) is 4.79 Å². The second kappa shape index (κ2) is 5.73. The molecule has 2 unspecified atom stereocenters. The Kier molecular flexibility index (Phi) is 3.98. The molecule has 110 valence electrons. The first-order chi connectivity index (χ1) is 9.66. The van der Waals surface area contributed by atoms with Crippen molar-refractivity contribution >= 4 is 17.7 Å². The van der Waals surface area contributed by atoms with Gasteiger partial charge in [-0.3, -0.25) is 4.79 Å². The van der Waals surface area contributed by atoms with Gasteiger partial charge in [0.1, 0.15) is 0 Å². The Hall–Kier alpha value is -1.08. The second-order valence-corrected chi connectivity index (χ2v) is 7.37. The highest BCUT2D eigenvalue weighted by molar-refractivity contribution is 8.00. The second-order valence-electron chi connectivity index (χ2n) is 5.69. The van der Waals surface area contributed by atoms with Crippen LogP contribution in [0.25, 0.3) is 0 Å². The van der Waals surface area contributed by atoms with Gasteiger partial charge >= 0.3 is 0 Å². The first-order valence-electron chi connectivity index (χ1n) is 7.15.